The Kier molecular flexibility index (Phi) is 10.3. The topological polar surface area (TPSA) is 78.4 Å². The van der Waals surface area contributed by atoms with E-state index in [4.69, 9.17) is 5.11 Å². The van der Waals surface area contributed by atoms with Crippen molar-refractivity contribution in [2.75, 3.05) is 19.3 Å². The van der Waals surface area contributed by atoms with E-state index in [2.05, 4.69) is 31.4 Å². The molecule has 2 unspecified atom stereocenters. The second-order valence-electron chi connectivity index (χ2n) is 5.57. The predicted molar refractivity (Wildman–Crippen MR) is 84.2 cm³/mol. The molecule has 0 aliphatic rings. The van der Waals surface area contributed by atoms with E-state index < -0.39 is 5.97 Å². The summed E-state index contributed by atoms with van der Waals surface area (Å²) in [5, 5.41) is 14.9. The van der Waals surface area contributed by atoms with Crippen molar-refractivity contribution in [1.82, 2.24) is 10.6 Å². The molecular formula is C14H28N2O3S. The van der Waals surface area contributed by atoms with Crippen LogP contribution in [0.1, 0.15) is 40.0 Å². The Morgan fingerprint density at radius 2 is 1.85 bits per heavy atom. The zero-order chi connectivity index (χ0) is 15.5. The Bertz CT molecular complexity index is 298. The zero-order valence-corrected chi connectivity index (χ0v) is 13.8. The van der Waals surface area contributed by atoms with E-state index in [1.165, 1.54) is 0 Å². The average Bonchev–Trinajstić information content (AvgIpc) is 2.34. The average molecular weight is 304 g/mol. The summed E-state index contributed by atoms with van der Waals surface area (Å²) in [6.45, 7) is 7.28. The SMILES string of the molecule is CSC(C)CCNC(=O)NCC(CC(=O)O)CC(C)C. The fourth-order valence-corrected chi connectivity index (χ4v) is 2.31. The highest BCUT2D eigenvalue weighted by molar-refractivity contribution is 7.99. The highest BCUT2D eigenvalue weighted by Gasteiger charge is 2.16. The van der Waals surface area contributed by atoms with Gasteiger partial charge in [0.25, 0.3) is 0 Å². The van der Waals surface area contributed by atoms with Crippen molar-refractivity contribution < 1.29 is 14.7 Å². The van der Waals surface area contributed by atoms with E-state index in [0.717, 1.165) is 12.8 Å². The van der Waals surface area contributed by atoms with Crippen LogP contribution < -0.4 is 10.6 Å². The van der Waals surface area contributed by atoms with Gasteiger partial charge in [-0.3, -0.25) is 4.79 Å². The number of carboxylic acid groups (broad SMARTS) is 1. The molecule has 0 saturated heterocycles. The van der Waals surface area contributed by atoms with E-state index in [9.17, 15) is 9.59 Å². The fourth-order valence-electron chi connectivity index (χ4n) is 1.96. The molecule has 3 N–H and O–H groups in total. The van der Waals surface area contributed by atoms with Gasteiger partial charge >= 0.3 is 12.0 Å². The molecule has 0 rings (SSSR count). The van der Waals surface area contributed by atoms with Crippen LogP contribution >= 0.6 is 11.8 Å². The summed E-state index contributed by atoms with van der Waals surface area (Å²) >= 11 is 1.77. The van der Waals surface area contributed by atoms with Gasteiger partial charge in [-0.05, 0) is 30.9 Å². The van der Waals surface area contributed by atoms with Gasteiger partial charge < -0.3 is 15.7 Å². The molecule has 20 heavy (non-hydrogen) atoms. The predicted octanol–water partition coefficient (Wildman–Crippen LogP) is 2.56. The van der Waals surface area contributed by atoms with Gasteiger partial charge in [0.05, 0.1) is 0 Å². The number of aliphatic carboxylic acids is 1. The van der Waals surface area contributed by atoms with Crippen molar-refractivity contribution in [3.05, 3.63) is 0 Å². The third-order valence-corrected chi connectivity index (χ3v) is 4.10. The van der Waals surface area contributed by atoms with E-state index in [1.807, 2.05) is 6.26 Å². The number of carbonyl (C=O) groups is 2. The second-order valence-corrected chi connectivity index (χ2v) is 6.84. The van der Waals surface area contributed by atoms with Crippen LogP contribution in [0.3, 0.4) is 0 Å². The van der Waals surface area contributed by atoms with Crippen molar-refractivity contribution in [2.24, 2.45) is 11.8 Å². The monoisotopic (exact) mass is 304 g/mol. The molecule has 0 aliphatic carbocycles. The summed E-state index contributed by atoms with van der Waals surface area (Å²) in [4.78, 5) is 22.4. The summed E-state index contributed by atoms with van der Waals surface area (Å²) < 4.78 is 0. The molecule has 0 aromatic heterocycles. The Morgan fingerprint density at radius 1 is 1.20 bits per heavy atom. The lowest BCUT2D eigenvalue weighted by atomic mass is 9.94. The maximum atomic E-state index is 11.6. The minimum Gasteiger partial charge on any atom is -0.481 e. The molecule has 0 bridgehead atoms. The van der Waals surface area contributed by atoms with Crippen LogP contribution in [0.25, 0.3) is 0 Å². The molecule has 118 valence electrons. The van der Waals surface area contributed by atoms with Crippen LogP contribution in [0, 0.1) is 11.8 Å². The number of amides is 2. The Labute approximate surface area is 126 Å². The molecule has 2 amide bonds. The molecule has 0 aliphatic heterocycles. The number of hydrogen-bond donors (Lipinski definition) is 3. The van der Waals surface area contributed by atoms with Crippen LogP contribution in [-0.2, 0) is 4.79 Å². The van der Waals surface area contributed by atoms with Crippen molar-refractivity contribution in [2.45, 2.75) is 45.3 Å². The minimum atomic E-state index is -0.813. The molecule has 6 heteroatoms. The number of urea groups is 1. The minimum absolute atomic E-state index is 0.0108. The van der Waals surface area contributed by atoms with Gasteiger partial charge in [-0.25, -0.2) is 4.79 Å². The second kappa shape index (κ2) is 10.8. The summed E-state index contributed by atoms with van der Waals surface area (Å²) in [7, 11) is 0. The number of carbonyl (C=O) groups excluding carboxylic acids is 1. The lowest BCUT2D eigenvalue weighted by molar-refractivity contribution is -0.138. The standard InChI is InChI=1S/C14H28N2O3S/c1-10(2)7-12(8-13(17)18)9-16-14(19)15-6-5-11(3)20-4/h10-12H,5-9H2,1-4H3,(H,17,18)(H2,15,16,19). The molecular weight excluding hydrogens is 276 g/mol. The van der Waals surface area contributed by atoms with Gasteiger partial charge in [0.15, 0.2) is 0 Å². The number of thioether (sulfide) groups is 1. The molecule has 0 aromatic rings. The van der Waals surface area contributed by atoms with Gasteiger partial charge in [-0.15, -0.1) is 0 Å². The smallest absolute Gasteiger partial charge is 0.314 e. The lowest BCUT2D eigenvalue weighted by Crippen LogP contribution is -2.39. The first-order valence-corrected chi connectivity index (χ1v) is 8.40. The number of hydrogen-bond acceptors (Lipinski definition) is 3. The number of nitrogens with one attached hydrogen (secondary N) is 2. The van der Waals surface area contributed by atoms with E-state index in [1.54, 1.807) is 11.8 Å². The van der Waals surface area contributed by atoms with Gasteiger partial charge in [-0.1, -0.05) is 20.8 Å². The van der Waals surface area contributed by atoms with Crippen LogP contribution in [0.2, 0.25) is 0 Å². The molecule has 0 fully saturated rings. The van der Waals surface area contributed by atoms with Crippen molar-refractivity contribution in [1.29, 1.82) is 0 Å². The van der Waals surface area contributed by atoms with E-state index >= 15 is 0 Å². The van der Waals surface area contributed by atoms with E-state index in [-0.39, 0.29) is 18.4 Å². The fraction of sp³-hybridized carbons (Fsp3) is 0.857. The first kappa shape index (κ1) is 19.1. The van der Waals surface area contributed by atoms with Crippen LogP contribution in [0.4, 0.5) is 4.79 Å². The number of rotatable bonds is 10. The third kappa shape index (κ3) is 11.0. The van der Waals surface area contributed by atoms with Crippen molar-refractivity contribution in [3.63, 3.8) is 0 Å². The summed E-state index contributed by atoms with van der Waals surface area (Å²) in [5.41, 5.74) is 0. The van der Waals surface area contributed by atoms with Crippen LogP contribution in [-0.4, -0.2) is 41.7 Å². The van der Waals surface area contributed by atoms with Crippen LogP contribution in [0.5, 0.6) is 0 Å². The molecule has 0 saturated carbocycles. The molecule has 0 heterocycles. The summed E-state index contributed by atoms with van der Waals surface area (Å²) in [6.07, 6.45) is 3.88. The van der Waals surface area contributed by atoms with E-state index in [0.29, 0.717) is 24.3 Å². The normalized spacial score (nSPS) is 13.8. The van der Waals surface area contributed by atoms with Gasteiger partial charge in [0, 0.05) is 24.8 Å². The highest BCUT2D eigenvalue weighted by atomic mass is 32.2. The molecule has 0 aromatic carbocycles. The zero-order valence-electron chi connectivity index (χ0n) is 12.9. The Balaban J connectivity index is 3.94. The van der Waals surface area contributed by atoms with Crippen LogP contribution in [0.15, 0.2) is 0 Å². The quantitative estimate of drug-likeness (QED) is 0.579. The summed E-state index contributed by atoms with van der Waals surface area (Å²) in [6, 6.07) is -0.211. The Hall–Kier alpha value is -0.910. The third-order valence-electron chi connectivity index (χ3n) is 3.06. The maximum absolute atomic E-state index is 11.6. The van der Waals surface area contributed by atoms with Crippen molar-refractivity contribution >= 4 is 23.8 Å². The first-order chi connectivity index (χ1) is 9.35. The van der Waals surface area contributed by atoms with Gasteiger partial charge in [0.2, 0.25) is 0 Å². The Morgan fingerprint density at radius 3 is 2.35 bits per heavy atom. The largest absolute Gasteiger partial charge is 0.481 e. The van der Waals surface area contributed by atoms with Gasteiger partial charge in [0.1, 0.15) is 0 Å². The molecule has 0 radical (unpaired) electrons. The van der Waals surface area contributed by atoms with Crippen molar-refractivity contribution in [3.8, 4) is 0 Å². The number of carboxylic acids is 1. The lowest BCUT2D eigenvalue weighted by Gasteiger charge is -2.18. The molecule has 5 nitrogen and oxygen atoms in total. The first-order valence-electron chi connectivity index (χ1n) is 7.11. The molecule has 0 spiro atoms. The highest BCUT2D eigenvalue weighted by Crippen LogP contribution is 2.14. The van der Waals surface area contributed by atoms with Gasteiger partial charge in [-0.2, -0.15) is 11.8 Å². The summed E-state index contributed by atoms with van der Waals surface area (Å²) in [5.74, 6) is -0.401. The maximum Gasteiger partial charge on any atom is 0.314 e. The molecule has 2 atom stereocenters.